The van der Waals surface area contributed by atoms with Crippen LogP contribution in [-0.2, 0) is 4.79 Å². The van der Waals surface area contributed by atoms with E-state index in [-0.39, 0.29) is 30.0 Å². The predicted molar refractivity (Wildman–Crippen MR) is 68.5 cm³/mol. The molecule has 2 unspecified atom stereocenters. The molecule has 1 fully saturated rings. The molecule has 0 saturated heterocycles. The highest BCUT2D eigenvalue weighted by atomic mass is 16.3. The molecule has 4 N–H and O–H groups in total. The molecule has 1 saturated carbocycles. The molecule has 0 radical (unpaired) electrons. The molecule has 1 amide bonds. The summed E-state index contributed by atoms with van der Waals surface area (Å²) in [5.41, 5.74) is 5.36. The number of nitrogens with two attached hydrogens (primary N) is 1. The van der Waals surface area contributed by atoms with Gasteiger partial charge in [-0.25, -0.2) is 0 Å². The quantitative estimate of drug-likeness (QED) is 0.627. The Morgan fingerprint density at radius 2 is 2.06 bits per heavy atom. The van der Waals surface area contributed by atoms with E-state index in [1.165, 1.54) is 0 Å². The highest BCUT2D eigenvalue weighted by Gasteiger charge is 2.38. The first-order valence-corrected chi connectivity index (χ1v) is 6.67. The van der Waals surface area contributed by atoms with Crippen LogP contribution in [0.3, 0.4) is 0 Å². The van der Waals surface area contributed by atoms with E-state index >= 15 is 0 Å². The van der Waals surface area contributed by atoms with E-state index in [2.05, 4.69) is 5.32 Å². The van der Waals surface area contributed by atoms with Gasteiger partial charge in [0.25, 0.3) is 0 Å². The molecule has 4 heteroatoms. The first-order chi connectivity index (χ1) is 7.99. The molecule has 0 aliphatic heterocycles. The van der Waals surface area contributed by atoms with Gasteiger partial charge in [0.2, 0.25) is 5.91 Å². The number of hydrogen-bond acceptors (Lipinski definition) is 3. The van der Waals surface area contributed by atoms with Crippen molar-refractivity contribution in [2.75, 3.05) is 6.61 Å². The van der Waals surface area contributed by atoms with Gasteiger partial charge < -0.3 is 16.2 Å². The van der Waals surface area contributed by atoms with E-state index in [0.29, 0.717) is 0 Å². The molecule has 17 heavy (non-hydrogen) atoms. The molecule has 100 valence electrons. The monoisotopic (exact) mass is 242 g/mol. The minimum atomic E-state index is -0.313. The Balaban J connectivity index is 2.26. The normalized spacial score (nSPS) is 21.4. The van der Waals surface area contributed by atoms with Gasteiger partial charge in [-0.15, -0.1) is 0 Å². The van der Waals surface area contributed by atoms with E-state index in [1.54, 1.807) is 0 Å². The molecule has 0 spiro atoms. The average molecular weight is 242 g/mol. The van der Waals surface area contributed by atoms with Gasteiger partial charge in [0.05, 0.1) is 12.1 Å². The zero-order valence-electron chi connectivity index (χ0n) is 11.0. The zero-order chi connectivity index (χ0) is 12.9. The lowest BCUT2D eigenvalue weighted by Crippen LogP contribution is -2.57. The van der Waals surface area contributed by atoms with Crippen molar-refractivity contribution < 1.29 is 9.90 Å². The molecule has 0 aromatic heterocycles. The fourth-order valence-corrected chi connectivity index (χ4v) is 2.19. The maximum Gasteiger partial charge on any atom is 0.223 e. The molecule has 0 bridgehead atoms. The standard InChI is InChI=1S/C13H26N2O2/c1-10(5-3-6-11(2)14)12(17)15-13(9-16)7-4-8-13/h10-11,16H,3-9,14H2,1-2H3,(H,15,17). The van der Waals surface area contributed by atoms with Crippen LogP contribution in [0.5, 0.6) is 0 Å². The van der Waals surface area contributed by atoms with Gasteiger partial charge in [-0.1, -0.05) is 13.3 Å². The van der Waals surface area contributed by atoms with Crippen LogP contribution in [0.2, 0.25) is 0 Å². The van der Waals surface area contributed by atoms with Gasteiger partial charge >= 0.3 is 0 Å². The topological polar surface area (TPSA) is 75.4 Å². The van der Waals surface area contributed by atoms with E-state index in [0.717, 1.165) is 38.5 Å². The van der Waals surface area contributed by atoms with E-state index < -0.39 is 0 Å². The van der Waals surface area contributed by atoms with Gasteiger partial charge in [-0.3, -0.25) is 4.79 Å². The number of aliphatic hydroxyl groups is 1. The molecule has 1 aliphatic carbocycles. The highest BCUT2D eigenvalue weighted by Crippen LogP contribution is 2.31. The van der Waals surface area contributed by atoms with Crippen LogP contribution in [0, 0.1) is 5.92 Å². The van der Waals surface area contributed by atoms with Crippen molar-refractivity contribution >= 4 is 5.91 Å². The summed E-state index contributed by atoms with van der Waals surface area (Å²) < 4.78 is 0. The number of rotatable bonds is 7. The summed E-state index contributed by atoms with van der Waals surface area (Å²) in [4.78, 5) is 11.9. The van der Waals surface area contributed by atoms with Crippen molar-refractivity contribution in [2.45, 2.75) is 64.0 Å². The van der Waals surface area contributed by atoms with Crippen molar-refractivity contribution in [1.29, 1.82) is 0 Å². The zero-order valence-corrected chi connectivity index (χ0v) is 11.0. The summed E-state index contributed by atoms with van der Waals surface area (Å²) in [6, 6.07) is 0.209. The van der Waals surface area contributed by atoms with E-state index in [9.17, 15) is 9.90 Å². The van der Waals surface area contributed by atoms with E-state index in [1.807, 2.05) is 13.8 Å². The van der Waals surface area contributed by atoms with Crippen LogP contribution < -0.4 is 11.1 Å². The Bertz CT molecular complexity index is 244. The second-order valence-corrected chi connectivity index (χ2v) is 5.59. The Morgan fingerprint density at radius 3 is 2.47 bits per heavy atom. The lowest BCUT2D eigenvalue weighted by Gasteiger charge is -2.41. The van der Waals surface area contributed by atoms with Gasteiger partial charge in [0, 0.05) is 12.0 Å². The Labute approximate surface area is 104 Å². The third kappa shape index (κ3) is 4.28. The maximum atomic E-state index is 11.9. The third-order valence-electron chi connectivity index (χ3n) is 3.75. The third-order valence-corrected chi connectivity index (χ3v) is 3.75. The van der Waals surface area contributed by atoms with Crippen LogP contribution in [0.1, 0.15) is 52.4 Å². The summed E-state index contributed by atoms with van der Waals surface area (Å²) in [5, 5.41) is 12.3. The lowest BCUT2D eigenvalue weighted by atomic mass is 9.77. The van der Waals surface area contributed by atoms with Crippen molar-refractivity contribution in [1.82, 2.24) is 5.32 Å². The first-order valence-electron chi connectivity index (χ1n) is 6.67. The average Bonchev–Trinajstić information content (AvgIpc) is 2.22. The van der Waals surface area contributed by atoms with Gasteiger partial charge in [0.1, 0.15) is 0 Å². The van der Waals surface area contributed by atoms with Gasteiger partial charge in [-0.2, -0.15) is 0 Å². The number of carbonyl (C=O) groups is 1. The van der Waals surface area contributed by atoms with Crippen molar-refractivity contribution in [3.63, 3.8) is 0 Å². The predicted octanol–water partition coefficient (Wildman–Crippen LogP) is 1.17. The molecular weight excluding hydrogens is 216 g/mol. The van der Waals surface area contributed by atoms with Crippen LogP contribution >= 0.6 is 0 Å². The van der Waals surface area contributed by atoms with Crippen molar-refractivity contribution in [2.24, 2.45) is 11.7 Å². The van der Waals surface area contributed by atoms with Gasteiger partial charge in [0.15, 0.2) is 0 Å². The smallest absolute Gasteiger partial charge is 0.223 e. The number of nitrogens with one attached hydrogen (secondary N) is 1. The van der Waals surface area contributed by atoms with Gasteiger partial charge in [-0.05, 0) is 39.0 Å². The fraction of sp³-hybridized carbons (Fsp3) is 0.923. The van der Waals surface area contributed by atoms with Crippen LogP contribution in [-0.4, -0.2) is 29.2 Å². The largest absolute Gasteiger partial charge is 0.394 e. The Kier molecular flexibility index (Phi) is 5.40. The molecule has 0 aromatic rings. The highest BCUT2D eigenvalue weighted by molar-refractivity contribution is 5.79. The first kappa shape index (κ1) is 14.5. The van der Waals surface area contributed by atoms with E-state index in [4.69, 9.17) is 5.73 Å². The summed E-state index contributed by atoms with van der Waals surface area (Å²) in [6.07, 6.45) is 5.72. The molecule has 1 aliphatic rings. The second kappa shape index (κ2) is 6.36. The minimum Gasteiger partial charge on any atom is -0.394 e. The molecular formula is C13H26N2O2. The lowest BCUT2D eigenvalue weighted by molar-refractivity contribution is -0.128. The number of amides is 1. The Morgan fingerprint density at radius 1 is 1.41 bits per heavy atom. The molecule has 0 heterocycles. The number of carbonyl (C=O) groups excluding carboxylic acids is 1. The second-order valence-electron chi connectivity index (χ2n) is 5.59. The fourth-order valence-electron chi connectivity index (χ4n) is 2.19. The molecule has 0 aromatic carbocycles. The van der Waals surface area contributed by atoms with Crippen LogP contribution in [0.25, 0.3) is 0 Å². The summed E-state index contributed by atoms with van der Waals surface area (Å²) in [6.45, 7) is 3.99. The van der Waals surface area contributed by atoms with Crippen molar-refractivity contribution in [3.05, 3.63) is 0 Å². The Hall–Kier alpha value is -0.610. The molecule has 4 nitrogen and oxygen atoms in total. The van der Waals surface area contributed by atoms with Crippen molar-refractivity contribution in [3.8, 4) is 0 Å². The summed E-state index contributed by atoms with van der Waals surface area (Å²) >= 11 is 0. The number of aliphatic hydroxyl groups excluding tert-OH is 1. The van der Waals surface area contributed by atoms with Crippen LogP contribution in [0.15, 0.2) is 0 Å². The maximum absolute atomic E-state index is 11.9. The SMILES string of the molecule is CC(N)CCCC(C)C(=O)NC1(CO)CCC1. The molecule has 2 atom stereocenters. The van der Waals surface area contributed by atoms with Crippen LogP contribution in [0.4, 0.5) is 0 Å². The minimum absolute atomic E-state index is 0.0118. The molecule has 1 rings (SSSR count). The number of hydrogen-bond donors (Lipinski definition) is 3. The summed E-state index contributed by atoms with van der Waals surface area (Å²) in [5.74, 6) is 0.0844. The summed E-state index contributed by atoms with van der Waals surface area (Å²) in [7, 11) is 0.